The number of alkyl halides is 3. The highest BCUT2D eigenvalue weighted by molar-refractivity contribution is 5.62. The summed E-state index contributed by atoms with van der Waals surface area (Å²) in [6.07, 6.45) is -3.54. The predicted octanol–water partition coefficient (Wildman–Crippen LogP) is 4.41. The molecule has 1 unspecified atom stereocenters. The van der Waals surface area contributed by atoms with Crippen LogP contribution in [0.15, 0.2) is 12.1 Å². The third-order valence-electron chi connectivity index (χ3n) is 3.50. The maximum Gasteiger partial charge on any atom is 0.420 e. The van der Waals surface area contributed by atoms with Crippen molar-refractivity contribution in [3.63, 3.8) is 0 Å². The molecule has 1 aliphatic rings. The fraction of sp³-hybridized carbons (Fsp3) is 0.571. The number of rotatable bonds is 1. The Labute approximate surface area is 111 Å². The molecular formula is C14H18F3NO. The molecule has 2 rings (SSSR count). The Hall–Kier alpha value is -1.39. The summed E-state index contributed by atoms with van der Waals surface area (Å²) in [6.45, 7) is 6.00. The molecule has 0 bridgehead atoms. The van der Waals surface area contributed by atoms with Crippen LogP contribution in [0.4, 0.5) is 18.9 Å². The maximum atomic E-state index is 13.0. The maximum absolute atomic E-state index is 13.0. The van der Waals surface area contributed by atoms with Gasteiger partial charge >= 0.3 is 6.18 Å². The van der Waals surface area contributed by atoms with Crippen molar-refractivity contribution >= 4 is 5.69 Å². The first-order chi connectivity index (χ1) is 8.64. The normalized spacial score (nSPS) is 21.5. The van der Waals surface area contributed by atoms with Crippen LogP contribution in [0.2, 0.25) is 0 Å². The van der Waals surface area contributed by atoms with Crippen LogP contribution in [0.5, 0.6) is 5.75 Å². The standard InChI is InChI=1S/C14H18F3NO/c1-8-7-13(2,3)18-11-6-10(14(15,16)17)12(19-4)5-9(8)11/h5-6,8,18H,7H2,1-4H3. The zero-order chi connectivity index (χ0) is 14.4. The molecule has 0 saturated heterocycles. The van der Waals surface area contributed by atoms with Crippen LogP contribution in [0.3, 0.4) is 0 Å². The van der Waals surface area contributed by atoms with Crippen molar-refractivity contribution in [3.8, 4) is 5.75 Å². The summed E-state index contributed by atoms with van der Waals surface area (Å²) < 4.78 is 43.9. The first-order valence-electron chi connectivity index (χ1n) is 6.21. The molecule has 0 spiro atoms. The number of methoxy groups -OCH3 is 1. The van der Waals surface area contributed by atoms with E-state index >= 15 is 0 Å². The Balaban J connectivity index is 2.58. The van der Waals surface area contributed by atoms with Crippen LogP contribution < -0.4 is 10.1 Å². The second kappa shape index (κ2) is 4.32. The molecule has 1 aromatic carbocycles. The smallest absolute Gasteiger partial charge is 0.420 e. The van der Waals surface area contributed by atoms with Gasteiger partial charge < -0.3 is 10.1 Å². The molecule has 0 amide bonds. The van der Waals surface area contributed by atoms with Gasteiger partial charge in [0.15, 0.2) is 0 Å². The Bertz CT molecular complexity index is 494. The average Bonchev–Trinajstić information content (AvgIpc) is 2.24. The summed E-state index contributed by atoms with van der Waals surface area (Å²) in [5.41, 5.74) is 0.497. The molecule has 106 valence electrons. The molecule has 2 nitrogen and oxygen atoms in total. The number of benzene rings is 1. The fourth-order valence-electron chi connectivity index (χ4n) is 2.79. The second-order valence-corrected chi connectivity index (χ2v) is 5.75. The minimum Gasteiger partial charge on any atom is -0.496 e. The molecule has 1 aromatic rings. The van der Waals surface area contributed by atoms with E-state index in [1.54, 1.807) is 0 Å². The molecule has 1 heterocycles. The van der Waals surface area contributed by atoms with Gasteiger partial charge in [-0.1, -0.05) is 6.92 Å². The van der Waals surface area contributed by atoms with Gasteiger partial charge in [-0.3, -0.25) is 0 Å². The summed E-state index contributed by atoms with van der Waals surface area (Å²) in [5, 5.41) is 3.17. The summed E-state index contributed by atoms with van der Waals surface area (Å²) in [7, 11) is 1.27. The molecule has 0 aromatic heterocycles. The van der Waals surface area contributed by atoms with Crippen LogP contribution >= 0.6 is 0 Å². The third-order valence-corrected chi connectivity index (χ3v) is 3.50. The van der Waals surface area contributed by atoms with E-state index < -0.39 is 11.7 Å². The van der Waals surface area contributed by atoms with Gasteiger partial charge in [-0.15, -0.1) is 0 Å². The zero-order valence-corrected chi connectivity index (χ0v) is 11.5. The topological polar surface area (TPSA) is 21.3 Å². The third kappa shape index (κ3) is 2.65. The lowest BCUT2D eigenvalue weighted by Crippen LogP contribution is -2.36. The monoisotopic (exact) mass is 273 g/mol. The van der Waals surface area contributed by atoms with E-state index in [1.807, 2.05) is 20.8 Å². The zero-order valence-electron chi connectivity index (χ0n) is 11.5. The van der Waals surface area contributed by atoms with Crippen molar-refractivity contribution in [2.24, 2.45) is 0 Å². The quantitative estimate of drug-likeness (QED) is 0.818. The lowest BCUT2D eigenvalue weighted by atomic mass is 9.81. The van der Waals surface area contributed by atoms with Crippen molar-refractivity contribution in [1.82, 2.24) is 0 Å². The molecule has 0 fully saturated rings. The van der Waals surface area contributed by atoms with E-state index in [4.69, 9.17) is 4.74 Å². The molecule has 19 heavy (non-hydrogen) atoms. The van der Waals surface area contributed by atoms with Crippen molar-refractivity contribution < 1.29 is 17.9 Å². The van der Waals surface area contributed by atoms with Crippen LogP contribution in [-0.4, -0.2) is 12.6 Å². The molecule has 5 heteroatoms. The number of fused-ring (bicyclic) bond motifs is 1. The van der Waals surface area contributed by atoms with E-state index in [0.717, 1.165) is 18.1 Å². The van der Waals surface area contributed by atoms with Gasteiger partial charge in [-0.25, -0.2) is 0 Å². The number of anilines is 1. The van der Waals surface area contributed by atoms with Crippen molar-refractivity contribution in [1.29, 1.82) is 0 Å². The van der Waals surface area contributed by atoms with Gasteiger partial charge in [-0.05, 0) is 43.9 Å². The summed E-state index contributed by atoms with van der Waals surface area (Å²) >= 11 is 0. The lowest BCUT2D eigenvalue weighted by molar-refractivity contribution is -0.138. The van der Waals surface area contributed by atoms with Gasteiger partial charge in [0.1, 0.15) is 5.75 Å². The molecule has 0 radical (unpaired) electrons. The number of halogens is 3. The highest BCUT2D eigenvalue weighted by Gasteiger charge is 2.38. The molecule has 0 saturated carbocycles. The van der Waals surface area contributed by atoms with Crippen molar-refractivity contribution in [3.05, 3.63) is 23.3 Å². The minimum absolute atomic E-state index is 0.111. The number of hydrogen-bond donors (Lipinski definition) is 1. The Morgan fingerprint density at radius 2 is 1.95 bits per heavy atom. The van der Waals surface area contributed by atoms with E-state index in [9.17, 15) is 13.2 Å². The molecule has 0 aliphatic carbocycles. The summed E-state index contributed by atoms with van der Waals surface area (Å²) in [6, 6.07) is 2.66. The first kappa shape index (κ1) is 14.0. The number of hydrogen-bond acceptors (Lipinski definition) is 2. The van der Waals surface area contributed by atoms with Gasteiger partial charge in [0.2, 0.25) is 0 Å². The summed E-state index contributed by atoms with van der Waals surface area (Å²) in [5.74, 6) is 0.0852. The van der Waals surface area contributed by atoms with Crippen LogP contribution in [0.25, 0.3) is 0 Å². The lowest BCUT2D eigenvalue weighted by Gasteiger charge is -2.38. The predicted molar refractivity (Wildman–Crippen MR) is 68.7 cm³/mol. The van der Waals surface area contributed by atoms with Crippen molar-refractivity contribution in [2.75, 3.05) is 12.4 Å². The fourth-order valence-corrected chi connectivity index (χ4v) is 2.79. The average molecular weight is 273 g/mol. The van der Waals surface area contributed by atoms with Crippen LogP contribution in [-0.2, 0) is 6.18 Å². The second-order valence-electron chi connectivity index (χ2n) is 5.75. The van der Waals surface area contributed by atoms with Gasteiger partial charge in [-0.2, -0.15) is 13.2 Å². The largest absolute Gasteiger partial charge is 0.496 e. The Morgan fingerprint density at radius 1 is 1.32 bits per heavy atom. The van der Waals surface area contributed by atoms with E-state index in [1.165, 1.54) is 13.2 Å². The van der Waals surface area contributed by atoms with E-state index in [2.05, 4.69) is 5.32 Å². The summed E-state index contributed by atoms with van der Waals surface area (Å²) in [4.78, 5) is 0. The SMILES string of the molecule is COc1cc2c(cc1C(F)(F)F)NC(C)(C)CC2C. The molecular weight excluding hydrogens is 255 g/mol. The van der Waals surface area contributed by atoms with Crippen LogP contribution in [0, 0.1) is 0 Å². The van der Waals surface area contributed by atoms with Crippen LogP contribution in [0.1, 0.15) is 44.2 Å². The van der Waals surface area contributed by atoms with E-state index in [-0.39, 0.29) is 17.2 Å². The van der Waals surface area contributed by atoms with Crippen molar-refractivity contribution in [2.45, 2.75) is 44.8 Å². The number of ether oxygens (including phenoxy) is 1. The first-order valence-corrected chi connectivity index (χ1v) is 6.21. The van der Waals surface area contributed by atoms with E-state index in [0.29, 0.717) is 5.69 Å². The molecule has 1 aliphatic heterocycles. The molecule has 1 N–H and O–H groups in total. The minimum atomic E-state index is -4.41. The highest BCUT2D eigenvalue weighted by Crippen LogP contribution is 2.45. The molecule has 1 atom stereocenters. The van der Waals surface area contributed by atoms with Gasteiger partial charge in [0.25, 0.3) is 0 Å². The van der Waals surface area contributed by atoms with Gasteiger partial charge in [0, 0.05) is 11.2 Å². The highest BCUT2D eigenvalue weighted by atomic mass is 19.4. The Morgan fingerprint density at radius 3 is 2.47 bits per heavy atom. The Kier molecular flexibility index (Phi) is 3.19. The number of nitrogens with one attached hydrogen (secondary N) is 1. The van der Waals surface area contributed by atoms with Gasteiger partial charge in [0.05, 0.1) is 12.7 Å².